The molecule has 0 aliphatic heterocycles. The molecule has 0 spiro atoms. The van der Waals surface area contributed by atoms with Crippen LogP contribution >= 0.6 is 0 Å². The summed E-state index contributed by atoms with van der Waals surface area (Å²) in [6.07, 6.45) is 6.81. The molecule has 326 valence electrons. The standard InChI is InChI=1S/C62H52N4O/c1-42(2)36-46-37-60(63-40-55(46)45-30-32-47(33-31-45)62(3,4)5)66-56-27-13-12-24-53(56)54-35-34-50(39-59(54)66)67-49-23-16-22-48(38-49)64-41-65(58-29-15-14-28-57(58)64)61-51(43-18-8-6-9-19-43)25-17-26-52(61)44-20-10-7-11-21-44/h6-35,37-40,42H,36H2,1-5H3. The number of nitrogens with zero attached hydrogens (tertiary/aromatic N) is 4. The van der Waals surface area contributed by atoms with Crippen LogP contribution in [0.25, 0.3) is 83.4 Å². The lowest BCUT2D eigenvalue weighted by molar-refractivity contribution is -0.571. The third kappa shape index (κ3) is 7.87. The van der Waals surface area contributed by atoms with Crippen LogP contribution in [-0.2, 0) is 11.8 Å². The van der Waals surface area contributed by atoms with E-state index in [0.29, 0.717) is 5.92 Å². The summed E-state index contributed by atoms with van der Waals surface area (Å²) in [6.45, 7) is 11.3. The number of aromatic nitrogens is 4. The predicted molar refractivity (Wildman–Crippen MR) is 276 cm³/mol. The minimum absolute atomic E-state index is 0.0899. The third-order valence-corrected chi connectivity index (χ3v) is 12.8. The van der Waals surface area contributed by atoms with Crippen LogP contribution in [0.3, 0.4) is 0 Å². The van der Waals surface area contributed by atoms with Gasteiger partial charge >= 0.3 is 0 Å². The summed E-state index contributed by atoms with van der Waals surface area (Å²) >= 11 is 0. The van der Waals surface area contributed by atoms with E-state index in [-0.39, 0.29) is 5.41 Å². The van der Waals surface area contributed by atoms with Gasteiger partial charge in [0.1, 0.15) is 17.3 Å². The maximum atomic E-state index is 6.81. The molecule has 5 nitrogen and oxygen atoms in total. The summed E-state index contributed by atoms with van der Waals surface area (Å²) in [5.74, 6) is 2.84. The number of pyridine rings is 1. The van der Waals surface area contributed by atoms with Gasteiger partial charge in [0, 0.05) is 28.6 Å². The SMILES string of the molecule is CC(C)Cc1cc(-n2c3ccccc3c3ccc(Oc4cccc(-n5[c-][n+](-c6c(-c7ccccc7)cccc6-c6ccccc6)c6ccccc65)c4)cc32)ncc1-c1ccc(C(C)(C)C)cc1. The highest BCUT2D eigenvalue weighted by atomic mass is 16.5. The molecule has 67 heavy (non-hydrogen) atoms. The molecule has 5 heteroatoms. The number of ether oxygens (including phenoxy) is 1. The van der Waals surface area contributed by atoms with Crippen LogP contribution in [-0.4, -0.2) is 14.1 Å². The predicted octanol–water partition coefficient (Wildman–Crippen LogP) is 15.5. The zero-order valence-corrected chi connectivity index (χ0v) is 38.6. The van der Waals surface area contributed by atoms with Gasteiger partial charge in [0.2, 0.25) is 0 Å². The molecule has 0 unspecified atom stereocenters. The Balaban J connectivity index is 0.991. The average Bonchev–Trinajstić information content (AvgIpc) is 3.90. The fourth-order valence-electron chi connectivity index (χ4n) is 9.61. The summed E-state index contributed by atoms with van der Waals surface area (Å²) in [5, 5.41) is 2.32. The molecule has 0 radical (unpaired) electrons. The number of imidazole rings is 1. The second-order valence-electron chi connectivity index (χ2n) is 18.9. The normalized spacial score (nSPS) is 11.9. The number of benzene rings is 8. The first-order valence-electron chi connectivity index (χ1n) is 23.3. The van der Waals surface area contributed by atoms with Crippen molar-refractivity contribution in [3.8, 4) is 62.1 Å². The zero-order chi connectivity index (χ0) is 45.6. The molecule has 3 heterocycles. The van der Waals surface area contributed by atoms with Gasteiger partial charge < -0.3 is 4.74 Å². The van der Waals surface area contributed by atoms with Crippen molar-refractivity contribution in [3.63, 3.8) is 0 Å². The fourth-order valence-corrected chi connectivity index (χ4v) is 9.61. The van der Waals surface area contributed by atoms with E-state index in [0.717, 1.165) is 84.8 Å². The van der Waals surface area contributed by atoms with Gasteiger partial charge in [-0.25, -0.2) is 4.98 Å². The van der Waals surface area contributed by atoms with Gasteiger partial charge in [-0.3, -0.25) is 13.7 Å². The molecule has 0 amide bonds. The third-order valence-electron chi connectivity index (χ3n) is 12.8. The maximum Gasteiger partial charge on any atom is 0.269 e. The zero-order valence-electron chi connectivity index (χ0n) is 38.6. The Bertz CT molecular complexity index is 3520. The molecule has 8 aromatic carbocycles. The maximum absolute atomic E-state index is 6.81. The molecule has 0 aliphatic rings. The van der Waals surface area contributed by atoms with Gasteiger partial charge in [-0.1, -0.05) is 186 Å². The molecule has 0 saturated heterocycles. The van der Waals surface area contributed by atoms with Crippen LogP contribution in [0.15, 0.2) is 206 Å². The van der Waals surface area contributed by atoms with Crippen LogP contribution < -0.4 is 9.30 Å². The van der Waals surface area contributed by atoms with Crippen molar-refractivity contribution in [2.75, 3.05) is 0 Å². The minimum atomic E-state index is 0.0899. The Kier molecular flexibility index (Phi) is 10.6. The lowest BCUT2D eigenvalue weighted by Gasteiger charge is -2.20. The summed E-state index contributed by atoms with van der Waals surface area (Å²) in [7, 11) is 0. The summed E-state index contributed by atoms with van der Waals surface area (Å²) in [4.78, 5) is 5.20. The van der Waals surface area contributed by atoms with Crippen molar-refractivity contribution in [1.82, 2.24) is 14.1 Å². The smallest absolute Gasteiger partial charge is 0.269 e. The number of hydrogen-bond acceptors (Lipinski definition) is 2. The summed E-state index contributed by atoms with van der Waals surface area (Å²) < 4.78 is 13.5. The first-order chi connectivity index (χ1) is 32.7. The monoisotopic (exact) mass is 868 g/mol. The molecule has 0 saturated carbocycles. The van der Waals surface area contributed by atoms with Crippen molar-refractivity contribution in [1.29, 1.82) is 0 Å². The van der Waals surface area contributed by atoms with Crippen LogP contribution in [0.1, 0.15) is 45.7 Å². The van der Waals surface area contributed by atoms with E-state index in [9.17, 15) is 0 Å². The molecule has 0 atom stereocenters. The molecule has 3 aromatic heterocycles. The Hall–Kier alpha value is -8.02. The van der Waals surface area contributed by atoms with Gasteiger partial charge in [0.15, 0.2) is 0 Å². The molecule has 0 aliphatic carbocycles. The summed E-state index contributed by atoms with van der Waals surface area (Å²) in [5.41, 5.74) is 15.8. The van der Waals surface area contributed by atoms with Gasteiger partial charge in [0.25, 0.3) is 6.33 Å². The van der Waals surface area contributed by atoms with Crippen LogP contribution in [0.2, 0.25) is 0 Å². The summed E-state index contributed by atoms with van der Waals surface area (Å²) in [6, 6.07) is 70.9. The first-order valence-corrected chi connectivity index (χ1v) is 23.3. The highest BCUT2D eigenvalue weighted by molar-refractivity contribution is 6.09. The quantitative estimate of drug-likeness (QED) is 0.101. The van der Waals surface area contributed by atoms with Gasteiger partial charge in [-0.2, -0.15) is 0 Å². The van der Waals surface area contributed by atoms with Crippen LogP contribution in [0, 0.1) is 12.2 Å². The van der Waals surface area contributed by atoms with Gasteiger partial charge in [-0.05, 0) is 99.2 Å². The molecule has 11 aromatic rings. The van der Waals surface area contributed by atoms with Crippen LogP contribution in [0.4, 0.5) is 0 Å². The van der Waals surface area contributed by atoms with Crippen molar-refractivity contribution < 1.29 is 9.30 Å². The lowest BCUT2D eigenvalue weighted by Crippen LogP contribution is -2.31. The van der Waals surface area contributed by atoms with Gasteiger partial charge in [-0.15, -0.1) is 0 Å². The lowest BCUT2D eigenvalue weighted by atomic mass is 9.86. The number of fused-ring (bicyclic) bond motifs is 4. The fraction of sp³-hybridized carbons (Fsp3) is 0.129. The second-order valence-corrected chi connectivity index (χ2v) is 18.9. The average molecular weight is 869 g/mol. The largest absolute Gasteiger partial charge is 0.458 e. The first kappa shape index (κ1) is 41.7. The molecule has 0 fully saturated rings. The Morgan fingerprint density at radius 3 is 1.87 bits per heavy atom. The van der Waals surface area contributed by atoms with E-state index >= 15 is 0 Å². The van der Waals surface area contributed by atoms with E-state index < -0.39 is 0 Å². The molecular weight excluding hydrogens is 817 g/mol. The highest BCUT2D eigenvalue weighted by Crippen LogP contribution is 2.38. The molecule has 11 rings (SSSR count). The molecular formula is C62H52N4O. The Labute approximate surface area is 392 Å². The second kappa shape index (κ2) is 17.1. The molecule has 0 N–H and O–H groups in total. The molecule has 0 bridgehead atoms. The number of rotatable bonds is 10. The Morgan fingerprint density at radius 1 is 0.552 bits per heavy atom. The minimum Gasteiger partial charge on any atom is -0.458 e. The van der Waals surface area contributed by atoms with Gasteiger partial charge in [0.05, 0.1) is 33.4 Å². The highest BCUT2D eigenvalue weighted by Gasteiger charge is 2.21. The van der Waals surface area contributed by atoms with Crippen molar-refractivity contribution in [2.45, 2.75) is 46.5 Å². The van der Waals surface area contributed by atoms with E-state index in [1.54, 1.807) is 0 Å². The van der Waals surface area contributed by atoms with Crippen molar-refractivity contribution >= 4 is 32.8 Å². The van der Waals surface area contributed by atoms with E-state index in [1.165, 1.54) is 27.6 Å². The van der Waals surface area contributed by atoms with Crippen molar-refractivity contribution in [3.05, 3.63) is 224 Å². The van der Waals surface area contributed by atoms with Crippen LogP contribution in [0.5, 0.6) is 11.5 Å². The van der Waals surface area contributed by atoms with Crippen molar-refractivity contribution in [2.24, 2.45) is 5.92 Å². The number of hydrogen-bond donors (Lipinski definition) is 0. The van der Waals surface area contributed by atoms with E-state index in [1.807, 2.05) is 6.07 Å². The number of para-hydroxylation sites is 4. The Morgan fingerprint density at radius 2 is 1.16 bits per heavy atom. The van der Waals surface area contributed by atoms with E-state index in [4.69, 9.17) is 9.72 Å². The van der Waals surface area contributed by atoms with E-state index in [2.05, 4.69) is 255 Å². The topological polar surface area (TPSA) is 35.9 Å².